The second kappa shape index (κ2) is 13.0. The quantitative estimate of drug-likeness (QED) is 0.272. The van der Waals surface area contributed by atoms with Gasteiger partial charge >= 0.3 is 20.0 Å². The number of hydrogen-bond acceptors (Lipinski definition) is 10. The Morgan fingerprint density at radius 1 is 0.625 bits per heavy atom. The fourth-order valence-electron chi connectivity index (χ4n) is 4.38. The van der Waals surface area contributed by atoms with E-state index in [4.69, 9.17) is 9.47 Å². The molecule has 2 fully saturated rings. The molecule has 10 nitrogen and oxygen atoms in total. The Kier molecular flexibility index (Phi) is 10.3. The van der Waals surface area contributed by atoms with E-state index in [-0.39, 0.29) is 22.9 Å². The highest BCUT2D eigenvalue weighted by Crippen LogP contribution is 2.38. The summed E-state index contributed by atoms with van der Waals surface area (Å²) in [5.41, 5.74) is 1.92. The number of aryl methyl sites for hydroxylation is 2. The second-order valence-corrected chi connectivity index (χ2v) is 18.2. The highest BCUT2D eigenvalue weighted by Gasteiger charge is 2.50. The van der Waals surface area contributed by atoms with Crippen molar-refractivity contribution < 1.29 is 32.9 Å². The molecule has 222 valence electrons. The molecule has 2 atom stereocenters. The molecular weight excluding hydrogens is 593 g/mol. The van der Waals surface area contributed by atoms with Crippen LogP contribution in [0.4, 0.5) is 0 Å². The Labute approximate surface area is 248 Å². The van der Waals surface area contributed by atoms with Crippen LogP contribution in [0.2, 0.25) is 0 Å². The average molecular weight is 633 g/mol. The van der Waals surface area contributed by atoms with Crippen LogP contribution in [0.1, 0.15) is 11.1 Å². The Bertz CT molecular complexity index is 1240. The van der Waals surface area contributed by atoms with E-state index in [0.29, 0.717) is 52.6 Å². The molecule has 0 saturated carbocycles. The number of quaternary nitrogens is 2. The lowest BCUT2D eigenvalue weighted by molar-refractivity contribution is -0.705. The van der Waals surface area contributed by atoms with Crippen LogP contribution in [-0.2, 0) is 29.5 Å². The van der Waals surface area contributed by atoms with E-state index in [0.717, 1.165) is 11.1 Å². The summed E-state index contributed by atoms with van der Waals surface area (Å²) < 4.78 is 70.9. The molecule has 2 aliphatic heterocycles. The normalized spacial score (nSPS) is 21.0. The summed E-state index contributed by atoms with van der Waals surface area (Å²) in [6.45, 7) is 8.31. The molecule has 2 aromatic rings. The van der Waals surface area contributed by atoms with E-state index < -0.39 is 26.6 Å². The van der Waals surface area contributed by atoms with E-state index >= 15 is 0 Å². The number of nitrogens with zero attached hydrogens (tertiary/aromatic N) is 4. The van der Waals surface area contributed by atoms with Crippen LogP contribution in [0.25, 0.3) is 0 Å². The van der Waals surface area contributed by atoms with Crippen molar-refractivity contribution in [3.05, 3.63) is 59.7 Å². The summed E-state index contributed by atoms with van der Waals surface area (Å²) in [7, 11) is -4.51. The molecule has 0 spiro atoms. The average Bonchev–Trinajstić information content (AvgIpc) is 2.93. The van der Waals surface area contributed by atoms with Gasteiger partial charge in [0.15, 0.2) is 37.4 Å². The fourth-order valence-corrected chi connectivity index (χ4v) is 10.6. The summed E-state index contributed by atoms with van der Waals surface area (Å²) in [4.78, 5) is 0.413. The summed E-state index contributed by atoms with van der Waals surface area (Å²) >= 11 is 2.45. The van der Waals surface area contributed by atoms with Gasteiger partial charge in [-0.1, -0.05) is 35.4 Å². The summed E-state index contributed by atoms with van der Waals surface area (Å²) in [5.74, 6) is 0. The summed E-state index contributed by atoms with van der Waals surface area (Å²) in [5, 5.41) is 0. The van der Waals surface area contributed by atoms with Gasteiger partial charge in [0.05, 0.1) is 40.5 Å². The van der Waals surface area contributed by atoms with Gasteiger partial charge in [0.25, 0.3) is 0 Å². The molecule has 2 heterocycles. The number of rotatable bonds is 11. The minimum Gasteiger partial charge on any atom is -0.379 e. The van der Waals surface area contributed by atoms with Gasteiger partial charge in [0, 0.05) is 26.2 Å². The van der Waals surface area contributed by atoms with E-state index in [1.807, 2.05) is 22.5 Å². The zero-order valence-corrected chi connectivity index (χ0v) is 26.8. The lowest BCUT2D eigenvalue weighted by Crippen LogP contribution is -2.55. The van der Waals surface area contributed by atoms with Crippen molar-refractivity contribution in [3.8, 4) is 0 Å². The highest BCUT2D eigenvalue weighted by molar-refractivity contribution is 8.02. The molecule has 0 radical (unpaired) electrons. The van der Waals surface area contributed by atoms with Crippen molar-refractivity contribution in [3.63, 3.8) is 0 Å². The third-order valence-corrected chi connectivity index (χ3v) is 15.0. The van der Waals surface area contributed by atoms with Gasteiger partial charge in [-0.15, -0.1) is 6.59 Å². The predicted octanol–water partition coefficient (Wildman–Crippen LogP) is 3.07. The lowest BCUT2D eigenvalue weighted by Gasteiger charge is -2.39. The molecule has 0 aliphatic carbocycles. The van der Waals surface area contributed by atoms with Crippen molar-refractivity contribution in [1.29, 1.82) is 0 Å². The van der Waals surface area contributed by atoms with Gasteiger partial charge in [0.2, 0.25) is 0 Å². The monoisotopic (exact) mass is 632 g/mol. The molecule has 40 heavy (non-hydrogen) atoms. The first-order chi connectivity index (χ1) is 18.9. The molecule has 0 N–H and O–H groups in total. The first-order valence-corrected chi connectivity index (χ1v) is 17.6. The number of hydrogen-bond donors (Lipinski definition) is 0. The van der Waals surface area contributed by atoms with Gasteiger partial charge in [-0.2, -0.15) is 25.4 Å². The first-order valence-electron chi connectivity index (χ1n) is 13.3. The van der Waals surface area contributed by atoms with Crippen molar-refractivity contribution in [2.24, 2.45) is 0 Å². The van der Waals surface area contributed by atoms with E-state index in [1.54, 1.807) is 62.6 Å². The van der Waals surface area contributed by atoms with Gasteiger partial charge in [-0.05, 0) is 38.1 Å². The zero-order valence-electron chi connectivity index (χ0n) is 23.6. The van der Waals surface area contributed by atoms with Crippen molar-refractivity contribution in [2.45, 2.75) is 23.6 Å². The molecule has 0 amide bonds. The summed E-state index contributed by atoms with van der Waals surface area (Å²) in [6, 6.07) is 13.6. The van der Waals surface area contributed by atoms with Crippen LogP contribution < -0.4 is 0 Å². The van der Waals surface area contributed by atoms with Gasteiger partial charge in [0.1, 0.15) is 9.79 Å². The molecule has 4 rings (SSSR count). The summed E-state index contributed by atoms with van der Waals surface area (Å²) in [6.07, 6.45) is 0. The minimum atomic E-state index is -3.92. The van der Waals surface area contributed by atoms with Crippen LogP contribution in [0.15, 0.2) is 58.3 Å². The number of benzene rings is 2. The Morgan fingerprint density at radius 2 is 0.925 bits per heavy atom. The van der Waals surface area contributed by atoms with Crippen LogP contribution in [0, 0.1) is 13.8 Å². The number of likely N-dealkylation sites (N-methyl/N-ethyl adjacent to an activating group) is 2. The molecule has 2 saturated heterocycles. The largest absolute Gasteiger partial charge is 0.379 e. The van der Waals surface area contributed by atoms with Crippen molar-refractivity contribution in [2.75, 3.05) is 79.8 Å². The molecule has 14 heteroatoms. The molecule has 2 unspecified atom stereocenters. The number of ether oxygens (including phenoxy) is 2. The van der Waals surface area contributed by atoms with E-state index in [2.05, 4.69) is 0 Å². The smallest absolute Gasteiger partial charge is 0.339 e. The molecule has 2 aliphatic rings. The molecular formula is C26H40N4O6S4+2. The van der Waals surface area contributed by atoms with Crippen LogP contribution in [0.3, 0.4) is 0 Å². The van der Waals surface area contributed by atoms with Crippen LogP contribution in [0.5, 0.6) is 0 Å². The van der Waals surface area contributed by atoms with Gasteiger partial charge < -0.3 is 9.47 Å². The minimum absolute atomic E-state index is 0.0527. The maximum absolute atomic E-state index is 14.2. The molecule has 0 aromatic heterocycles. The van der Waals surface area contributed by atoms with Gasteiger partial charge in [-0.3, -0.25) is 0 Å². The Hall–Kier alpha value is -1.20. The van der Waals surface area contributed by atoms with Crippen molar-refractivity contribution in [1.82, 2.24) is 8.61 Å². The first kappa shape index (κ1) is 31.7. The van der Waals surface area contributed by atoms with Crippen LogP contribution >= 0.6 is 24.3 Å². The second-order valence-electron chi connectivity index (χ2n) is 10.3. The third kappa shape index (κ3) is 7.05. The predicted molar refractivity (Wildman–Crippen MR) is 159 cm³/mol. The SMILES string of the molecule is Cc1ccc(S(=O)(=O)[N+](C)(CC[N+](C)(SN2CCOCC2)S(=O)(=O)c2ccc(C)cc2)SN2CCOCC2)cc1. The van der Waals surface area contributed by atoms with E-state index in [1.165, 1.54) is 24.3 Å². The molecule has 2 aromatic carbocycles. The number of sulfonamides is 2. The molecule has 0 bridgehead atoms. The maximum Gasteiger partial charge on any atom is 0.339 e. The Morgan fingerprint density at radius 3 is 1.23 bits per heavy atom. The van der Waals surface area contributed by atoms with Crippen molar-refractivity contribution >= 4 is 44.3 Å². The topological polar surface area (TPSA) is 93.2 Å². The fraction of sp³-hybridized carbons (Fsp3) is 0.538. The lowest BCUT2D eigenvalue weighted by atomic mass is 10.2. The zero-order chi connectivity index (χ0) is 29.0. The maximum atomic E-state index is 14.2. The van der Waals surface area contributed by atoms with E-state index in [9.17, 15) is 16.8 Å². The van der Waals surface area contributed by atoms with Crippen LogP contribution in [-0.4, -0.2) is 112 Å². The highest BCUT2D eigenvalue weighted by atomic mass is 32.3. The van der Waals surface area contributed by atoms with Gasteiger partial charge in [-0.25, -0.2) is 0 Å². The standard InChI is InChI=1S/C26H40N4O6S4/c1-23-5-9-25(10-6-23)39(31,32)29(3,37-27-13-19-35-20-14-27)17-18-30(4,38-28-15-21-36-22-16-28)40(33,34)26-11-7-24(2)8-12-26/h5-12H,13-22H2,1-4H3/q+2. The number of morpholine rings is 2. The Balaban J connectivity index is 1.71. The third-order valence-electron chi connectivity index (χ3n) is 7.08.